The average molecular weight is 284 g/mol. The molecule has 0 radical (unpaired) electrons. The molecular formula is C16H20N4O. The highest BCUT2D eigenvalue weighted by molar-refractivity contribution is 5.91. The van der Waals surface area contributed by atoms with E-state index in [0.29, 0.717) is 18.1 Å². The fourth-order valence-electron chi connectivity index (χ4n) is 2.06. The minimum Gasteiger partial charge on any atom is -0.369 e. The third-order valence-electron chi connectivity index (χ3n) is 3.18. The van der Waals surface area contributed by atoms with Crippen LogP contribution in [0.4, 0.5) is 5.82 Å². The van der Waals surface area contributed by atoms with Crippen molar-refractivity contribution in [1.82, 2.24) is 15.3 Å². The van der Waals surface area contributed by atoms with Crippen LogP contribution in [0.2, 0.25) is 0 Å². The maximum absolute atomic E-state index is 12.1. The van der Waals surface area contributed by atoms with Crippen molar-refractivity contribution in [2.24, 2.45) is 0 Å². The molecule has 1 amide bonds. The summed E-state index contributed by atoms with van der Waals surface area (Å²) in [6.07, 6.45) is 4.00. The van der Waals surface area contributed by atoms with Gasteiger partial charge in [0.15, 0.2) is 0 Å². The monoisotopic (exact) mass is 284 g/mol. The Bertz CT molecular complexity index is 595. The van der Waals surface area contributed by atoms with Crippen LogP contribution in [-0.2, 0) is 13.0 Å². The molecule has 2 rings (SSSR count). The van der Waals surface area contributed by atoms with Crippen molar-refractivity contribution in [2.45, 2.75) is 26.8 Å². The molecule has 0 atom stereocenters. The topological polar surface area (TPSA) is 66.9 Å². The standard InChI is InChI=1S/C16H20N4O/c1-3-12-7-5-6-8-13(12)9-20-16(21)14-10-19-15(11-18-14)17-4-2/h5-8,10-11H,3-4,9H2,1-2H3,(H,17,19)(H,20,21). The van der Waals surface area contributed by atoms with E-state index in [0.717, 1.165) is 18.5 Å². The molecule has 0 aliphatic heterocycles. The van der Waals surface area contributed by atoms with Gasteiger partial charge in [0.1, 0.15) is 11.5 Å². The van der Waals surface area contributed by atoms with Gasteiger partial charge in [-0.15, -0.1) is 0 Å². The highest BCUT2D eigenvalue weighted by Gasteiger charge is 2.08. The molecule has 21 heavy (non-hydrogen) atoms. The second-order valence-corrected chi connectivity index (χ2v) is 4.62. The Labute approximate surface area is 124 Å². The van der Waals surface area contributed by atoms with Crippen LogP contribution < -0.4 is 10.6 Å². The predicted octanol–water partition coefficient (Wildman–Crippen LogP) is 2.40. The molecule has 2 N–H and O–H groups in total. The van der Waals surface area contributed by atoms with Gasteiger partial charge in [0.2, 0.25) is 0 Å². The summed E-state index contributed by atoms with van der Waals surface area (Å²) < 4.78 is 0. The van der Waals surface area contributed by atoms with Gasteiger partial charge in [-0.05, 0) is 24.5 Å². The molecule has 5 nitrogen and oxygen atoms in total. The predicted molar refractivity (Wildman–Crippen MR) is 83.2 cm³/mol. The normalized spacial score (nSPS) is 10.2. The van der Waals surface area contributed by atoms with Gasteiger partial charge in [-0.3, -0.25) is 4.79 Å². The van der Waals surface area contributed by atoms with Gasteiger partial charge in [-0.25, -0.2) is 9.97 Å². The van der Waals surface area contributed by atoms with Crippen LogP contribution in [0.1, 0.15) is 35.5 Å². The first-order valence-corrected chi connectivity index (χ1v) is 7.15. The number of carbonyl (C=O) groups excluding carboxylic acids is 1. The number of hydrogen-bond acceptors (Lipinski definition) is 4. The van der Waals surface area contributed by atoms with Crippen LogP contribution in [0.15, 0.2) is 36.7 Å². The molecule has 0 saturated heterocycles. The van der Waals surface area contributed by atoms with Crippen molar-refractivity contribution in [3.8, 4) is 0 Å². The van der Waals surface area contributed by atoms with E-state index in [-0.39, 0.29) is 5.91 Å². The van der Waals surface area contributed by atoms with E-state index in [9.17, 15) is 4.79 Å². The number of carbonyl (C=O) groups is 1. The zero-order valence-corrected chi connectivity index (χ0v) is 12.4. The Balaban J connectivity index is 1.98. The van der Waals surface area contributed by atoms with Crippen molar-refractivity contribution in [3.05, 3.63) is 53.5 Å². The van der Waals surface area contributed by atoms with Gasteiger partial charge in [-0.1, -0.05) is 31.2 Å². The Morgan fingerprint density at radius 1 is 1.10 bits per heavy atom. The van der Waals surface area contributed by atoms with E-state index in [1.165, 1.54) is 11.8 Å². The van der Waals surface area contributed by atoms with Crippen LogP contribution in [-0.4, -0.2) is 22.4 Å². The van der Waals surface area contributed by atoms with E-state index in [2.05, 4.69) is 33.6 Å². The van der Waals surface area contributed by atoms with Crippen LogP contribution in [0.5, 0.6) is 0 Å². The lowest BCUT2D eigenvalue weighted by molar-refractivity contribution is 0.0945. The van der Waals surface area contributed by atoms with Gasteiger partial charge in [0.05, 0.1) is 12.4 Å². The van der Waals surface area contributed by atoms with Gasteiger partial charge in [-0.2, -0.15) is 0 Å². The Kier molecular flexibility index (Phi) is 5.26. The van der Waals surface area contributed by atoms with Gasteiger partial charge in [0.25, 0.3) is 5.91 Å². The second-order valence-electron chi connectivity index (χ2n) is 4.62. The maximum atomic E-state index is 12.1. The third-order valence-corrected chi connectivity index (χ3v) is 3.18. The highest BCUT2D eigenvalue weighted by atomic mass is 16.1. The zero-order valence-electron chi connectivity index (χ0n) is 12.4. The lowest BCUT2D eigenvalue weighted by Crippen LogP contribution is -2.24. The number of aromatic nitrogens is 2. The molecule has 0 bridgehead atoms. The van der Waals surface area contributed by atoms with Crippen LogP contribution >= 0.6 is 0 Å². The summed E-state index contributed by atoms with van der Waals surface area (Å²) in [7, 11) is 0. The van der Waals surface area contributed by atoms with Gasteiger partial charge >= 0.3 is 0 Å². The number of hydrogen-bond donors (Lipinski definition) is 2. The van der Waals surface area contributed by atoms with E-state index < -0.39 is 0 Å². The molecule has 1 aromatic heterocycles. The highest BCUT2D eigenvalue weighted by Crippen LogP contribution is 2.09. The Morgan fingerprint density at radius 3 is 2.48 bits per heavy atom. The number of rotatable bonds is 6. The molecule has 2 aromatic rings. The first-order valence-electron chi connectivity index (χ1n) is 7.15. The SMILES string of the molecule is CCNc1cnc(C(=O)NCc2ccccc2CC)cn1. The Morgan fingerprint density at radius 2 is 1.86 bits per heavy atom. The minimum atomic E-state index is -0.212. The summed E-state index contributed by atoms with van der Waals surface area (Å²) in [6.45, 7) is 5.35. The van der Waals surface area contributed by atoms with Crippen molar-refractivity contribution in [3.63, 3.8) is 0 Å². The summed E-state index contributed by atoms with van der Waals surface area (Å²) in [5.74, 6) is 0.460. The number of nitrogens with one attached hydrogen (secondary N) is 2. The molecule has 0 saturated carbocycles. The van der Waals surface area contributed by atoms with E-state index in [1.54, 1.807) is 6.20 Å². The Hall–Kier alpha value is -2.43. The molecule has 0 spiro atoms. The number of nitrogens with zero attached hydrogens (tertiary/aromatic N) is 2. The molecule has 110 valence electrons. The zero-order chi connectivity index (χ0) is 15.1. The number of amides is 1. The van der Waals surface area contributed by atoms with Crippen molar-refractivity contribution < 1.29 is 4.79 Å². The molecule has 1 aromatic carbocycles. The van der Waals surface area contributed by atoms with Gasteiger partial charge in [0, 0.05) is 13.1 Å². The molecule has 0 fully saturated rings. The van der Waals surface area contributed by atoms with Crippen molar-refractivity contribution in [2.75, 3.05) is 11.9 Å². The largest absolute Gasteiger partial charge is 0.369 e. The first kappa shape index (κ1) is 15.0. The van der Waals surface area contributed by atoms with Gasteiger partial charge < -0.3 is 10.6 Å². The first-order chi connectivity index (χ1) is 10.2. The van der Waals surface area contributed by atoms with E-state index >= 15 is 0 Å². The van der Waals surface area contributed by atoms with Crippen LogP contribution in [0.3, 0.4) is 0 Å². The summed E-state index contributed by atoms with van der Waals surface area (Å²) in [5, 5.41) is 5.92. The third kappa shape index (κ3) is 4.02. The summed E-state index contributed by atoms with van der Waals surface area (Å²) in [5.41, 5.74) is 2.70. The fourth-order valence-corrected chi connectivity index (χ4v) is 2.06. The number of aryl methyl sites for hydroxylation is 1. The maximum Gasteiger partial charge on any atom is 0.271 e. The summed E-state index contributed by atoms with van der Waals surface area (Å²) in [4.78, 5) is 20.3. The summed E-state index contributed by atoms with van der Waals surface area (Å²) in [6, 6.07) is 8.09. The molecule has 0 unspecified atom stereocenters. The van der Waals surface area contributed by atoms with Crippen molar-refractivity contribution >= 4 is 11.7 Å². The molecule has 1 heterocycles. The average Bonchev–Trinajstić information content (AvgIpc) is 2.54. The van der Waals surface area contributed by atoms with E-state index in [4.69, 9.17) is 0 Å². The smallest absolute Gasteiger partial charge is 0.271 e. The molecule has 5 heteroatoms. The molecule has 0 aliphatic carbocycles. The van der Waals surface area contributed by atoms with Crippen molar-refractivity contribution in [1.29, 1.82) is 0 Å². The fraction of sp³-hybridized carbons (Fsp3) is 0.312. The van der Waals surface area contributed by atoms with Crippen LogP contribution in [0.25, 0.3) is 0 Å². The molecule has 0 aliphatic rings. The van der Waals surface area contributed by atoms with E-state index in [1.807, 2.05) is 25.1 Å². The molecular weight excluding hydrogens is 264 g/mol. The second kappa shape index (κ2) is 7.38. The summed E-state index contributed by atoms with van der Waals surface area (Å²) >= 11 is 0. The lowest BCUT2D eigenvalue weighted by atomic mass is 10.1. The van der Waals surface area contributed by atoms with Crippen LogP contribution in [0, 0.1) is 0 Å². The lowest BCUT2D eigenvalue weighted by Gasteiger charge is -2.09. The number of benzene rings is 1. The number of anilines is 1. The minimum absolute atomic E-state index is 0.212. The quantitative estimate of drug-likeness (QED) is 0.855.